The molecule has 2 N–H and O–H groups in total. The van der Waals surface area contributed by atoms with Crippen LogP contribution in [0.15, 0.2) is 24.4 Å². The summed E-state index contributed by atoms with van der Waals surface area (Å²) in [7, 11) is -1.89. The first-order chi connectivity index (χ1) is 9.36. The number of amides is 1. The van der Waals surface area contributed by atoms with Gasteiger partial charge < -0.3 is 4.90 Å². The first-order valence-electron chi connectivity index (χ1n) is 6.10. The molecule has 1 aromatic heterocycles. The van der Waals surface area contributed by atoms with Gasteiger partial charge >= 0.3 is 0 Å². The standard InChI is InChI=1S/C12H14N4O3S/c1-15-11-4-9(3-2-8(11)6-14-15)16-7-10(5-12(16)17)20(13,18)19/h2-4,6,10H,5,7H2,1H3,(H2,13,18,19). The van der Waals surface area contributed by atoms with Gasteiger partial charge in [0.2, 0.25) is 15.9 Å². The number of nitrogens with zero attached hydrogens (tertiary/aromatic N) is 3. The molecular weight excluding hydrogens is 280 g/mol. The topological polar surface area (TPSA) is 98.3 Å². The second-order valence-corrected chi connectivity index (χ2v) is 6.78. The van der Waals surface area contributed by atoms with Crippen molar-refractivity contribution in [1.29, 1.82) is 0 Å². The lowest BCUT2D eigenvalue weighted by Crippen LogP contribution is -2.32. The zero-order chi connectivity index (χ0) is 14.5. The summed E-state index contributed by atoms with van der Waals surface area (Å²) < 4.78 is 24.4. The number of aromatic nitrogens is 2. The number of primary sulfonamides is 1. The van der Waals surface area contributed by atoms with Crippen molar-refractivity contribution in [2.45, 2.75) is 11.7 Å². The van der Waals surface area contributed by atoms with E-state index in [0.29, 0.717) is 5.69 Å². The SMILES string of the molecule is Cn1ncc2ccc(N3CC(S(N)(=O)=O)CC3=O)cc21. The Morgan fingerprint density at radius 1 is 1.40 bits per heavy atom. The third-order valence-corrected chi connectivity index (χ3v) is 4.84. The average Bonchev–Trinajstić information content (AvgIpc) is 2.93. The predicted octanol–water partition coefficient (Wildman–Crippen LogP) is -0.0329. The molecule has 1 amide bonds. The van der Waals surface area contributed by atoms with Crippen molar-refractivity contribution < 1.29 is 13.2 Å². The van der Waals surface area contributed by atoms with Crippen LogP contribution in [0.2, 0.25) is 0 Å². The minimum Gasteiger partial charge on any atom is -0.311 e. The average molecular weight is 294 g/mol. The van der Waals surface area contributed by atoms with Crippen molar-refractivity contribution in [3.05, 3.63) is 24.4 Å². The number of sulfonamides is 1. The Kier molecular flexibility index (Phi) is 2.80. The number of hydrogen-bond donors (Lipinski definition) is 1. The third kappa shape index (κ3) is 2.06. The second kappa shape index (κ2) is 4.29. The lowest BCUT2D eigenvalue weighted by Gasteiger charge is -2.16. The van der Waals surface area contributed by atoms with Crippen molar-refractivity contribution in [1.82, 2.24) is 9.78 Å². The smallest absolute Gasteiger partial charge is 0.228 e. The Bertz CT molecular complexity index is 796. The number of benzene rings is 1. The van der Waals surface area contributed by atoms with Crippen molar-refractivity contribution in [2.24, 2.45) is 12.2 Å². The highest BCUT2D eigenvalue weighted by Gasteiger charge is 2.37. The van der Waals surface area contributed by atoms with E-state index in [-0.39, 0.29) is 18.9 Å². The Hall–Kier alpha value is -1.93. The Morgan fingerprint density at radius 3 is 2.80 bits per heavy atom. The number of nitrogens with two attached hydrogens (primary N) is 1. The minimum absolute atomic E-state index is 0.0672. The van der Waals surface area contributed by atoms with E-state index in [1.165, 1.54) is 4.90 Å². The predicted molar refractivity (Wildman–Crippen MR) is 74.6 cm³/mol. The first-order valence-corrected chi connectivity index (χ1v) is 7.71. The van der Waals surface area contributed by atoms with Crippen LogP contribution in [0.5, 0.6) is 0 Å². The summed E-state index contributed by atoms with van der Waals surface area (Å²) in [5.74, 6) is -0.231. The summed E-state index contributed by atoms with van der Waals surface area (Å²) in [5, 5.41) is 9.38. The highest BCUT2D eigenvalue weighted by atomic mass is 32.2. The van der Waals surface area contributed by atoms with Gasteiger partial charge in [-0.1, -0.05) is 0 Å². The molecule has 1 aromatic carbocycles. The molecule has 20 heavy (non-hydrogen) atoms. The maximum atomic E-state index is 12.0. The maximum absolute atomic E-state index is 12.0. The molecule has 2 aromatic rings. The molecule has 0 spiro atoms. The van der Waals surface area contributed by atoms with Crippen LogP contribution in [0, 0.1) is 0 Å². The number of fused-ring (bicyclic) bond motifs is 1. The van der Waals surface area contributed by atoms with Gasteiger partial charge in [0, 0.05) is 31.1 Å². The molecule has 0 saturated carbocycles. The van der Waals surface area contributed by atoms with Crippen molar-refractivity contribution in [3.63, 3.8) is 0 Å². The number of carbonyl (C=O) groups is 1. The molecule has 1 atom stereocenters. The number of anilines is 1. The molecule has 0 aliphatic carbocycles. The molecule has 3 rings (SSSR count). The van der Waals surface area contributed by atoms with Gasteiger partial charge in [0.15, 0.2) is 0 Å². The van der Waals surface area contributed by atoms with Crippen LogP contribution in [0.4, 0.5) is 5.69 Å². The normalized spacial score (nSPS) is 20.0. The van der Waals surface area contributed by atoms with Crippen LogP contribution in [-0.4, -0.2) is 35.9 Å². The molecule has 7 nitrogen and oxygen atoms in total. The summed E-state index contributed by atoms with van der Waals surface area (Å²) in [6.07, 6.45) is 1.67. The monoisotopic (exact) mass is 294 g/mol. The van der Waals surface area contributed by atoms with Crippen molar-refractivity contribution >= 4 is 32.5 Å². The number of hydrogen-bond acceptors (Lipinski definition) is 4. The molecule has 8 heteroatoms. The van der Waals surface area contributed by atoms with E-state index in [2.05, 4.69) is 5.10 Å². The van der Waals surface area contributed by atoms with Gasteiger partial charge in [-0.2, -0.15) is 5.10 Å². The van der Waals surface area contributed by atoms with E-state index < -0.39 is 15.3 Å². The molecular formula is C12H14N4O3S. The highest BCUT2D eigenvalue weighted by molar-refractivity contribution is 7.89. The molecule has 1 saturated heterocycles. The van der Waals surface area contributed by atoms with E-state index >= 15 is 0 Å². The fourth-order valence-electron chi connectivity index (χ4n) is 2.44. The molecule has 106 valence electrons. The lowest BCUT2D eigenvalue weighted by molar-refractivity contribution is -0.117. The zero-order valence-electron chi connectivity index (χ0n) is 10.9. The second-order valence-electron chi connectivity index (χ2n) is 4.93. The van der Waals surface area contributed by atoms with Gasteiger partial charge in [0.1, 0.15) is 5.25 Å². The number of rotatable bonds is 2. The molecule has 0 bridgehead atoms. The van der Waals surface area contributed by atoms with Crippen molar-refractivity contribution in [3.8, 4) is 0 Å². The number of aryl methyl sites for hydroxylation is 1. The molecule has 2 heterocycles. The summed E-state index contributed by atoms with van der Waals surface area (Å²) in [6, 6.07) is 5.47. The van der Waals surface area contributed by atoms with Gasteiger partial charge in [0.25, 0.3) is 0 Å². The fraction of sp³-hybridized carbons (Fsp3) is 0.333. The zero-order valence-corrected chi connectivity index (χ0v) is 11.7. The van der Waals surface area contributed by atoms with Gasteiger partial charge in [-0.15, -0.1) is 0 Å². The largest absolute Gasteiger partial charge is 0.311 e. The molecule has 1 aliphatic rings. The van der Waals surface area contributed by atoms with Crippen LogP contribution < -0.4 is 10.0 Å². The van der Waals surface area contributed by atoms with Crippen molar-refractivity contribution in [2.75, 3.05) is 11.4 Å². The Balaban J connectivity index is 1.99. The summed E-state index contributed by atoms with van der Waals surface area (Å²) >= 11 is 0. The van der Waals surface area contributed by atoms with Gasteiger partial charge in [-0.05, 0) is 18.2 Å². The Labute approximate surface area is 116 Å². The number of carbonyl (C=O) groups excluding carboxylic acids is 1. The summed E-state index contributed by atoms with van der Waals surface area (Å²) in [4.78, 5) is 13.4. The van der Waals surface area contributed by atoms with Crippen LogP contribution >= 0.6 is 0 Å². The van der Waals surface area contributed by atoms with E-state index in [1.807, 2.05) is 19.2 Å². The molecule has 1 unspecified atom stereocenters. The molecule has 0 radical (unpaired) electrons. The van der Waals surface area contributed by atoms with Gasteiger partial charge in [-0.25, -0.2) is 13.6 Å². The van der Waals surface area contributed by atoms with E-state index in [4.69, 9.17) is 5.14 Å². The Morgan fingerprint density at radius 2 is 2.15 bits per heavy atom. The molecule has 1 fully saturated rings. The van der Waals surface area contributed by atoms with E-state index in [1.54, 1.807) is 16.9 Å². The third-order valence-electron chi connectivity index (χ3n) is 3.60. The molecule has 1 aliphatic heterocycles. The van der Waals surface area contributed by atoms with Crippen LogP contribution in [0.25, 0.3) is 10.9 Å². The van der Waals surface area contributed by atoms with Crippen LogP contribution in [0.3, 0.4) is 0 Å². The van der Waals surface area contributed by atoms with Gasteiger partial charge in [-0.3, -0.25) is 9.48 Å². The fourth-order valence-corrected chi connectivity index (χ4v) is 3.18. The quantitative estimate of drug-likeness (QED) is 0.840. The first kappa shape index (κ1) is 13.1. The van der Waals surface area contributed by atoms with E-state index in [0.717, 1.165) is 10.9 Å². The highest BCUT2D eigenvalue weighted by Crippen LogP contribution is 2.27. The van der Waals surface area contributed by atoms with Gasteiger partial charge in [0.05, 0.1) is 11.7 Å². The van der Waals surface area contributed by atoms with Crippen LogP contribution in [-0.2, 0) is 21.9 Å². The van der Waals surface area contributed by atoms with Crippen LogP contribution in [0.1, 0.15) is 6.42 Å². The summed E-state index contributed by atoms with van der Waals surface area (Å²) in [5.41, 5.74) is 1.55. The lowest BCUT2D eigenvalue weighted by atomic mass is 10.2. The summed E-state index contributed by atoms with van der Waals surface area (Å²) in [6.45, 7) is 0.0982. The minimum atomic E-state index is -3.70. The van der Waals surface area contributed by atoms with E-state index in [9.17, 15) is 13.2 Å². The maximum Gasteiger partial charge on any atom is 0.228 e.